The summed E-state index contributed by atoms with van der Waals surface area (Å²) >= 11 is 0. The zero-order valence-electron chi connectivity index (χ0n) is 24.9. The number of rotatable bonds is 10. The lowest BCUT2D eigenvalue weighted by Crippen LogP contribution is -2.39. The second-order valence-corrected chi connectivity index (χ2v) is 12.0. The molecule has 0 spiro atoms. The molecule has 1 heterocycles. The third kappa shape index (κ3) is 6.49. The van der Waals surface area contributed by atoms with Gasteiger partial charge in [-0.15, -0.1) is 0 Å². The van der Waals surface area contributed by atoms with E-state index in [9.17, 15) is 13.2 Å². The number of methoxy groups -OCH3 is 2. The van der Waals surface area contributed by atoms with E-state index in [2.05, 4.69) is 39.4 Å². The molecule has 0 atom stereocenters. The summed E-state index contributed by atoms with van der Waals surface area (Å²) in [6.45, 7) is 9.28. The standard InChI is InChI=1S/C32H36N4O5S/c1-21-8-10-27(11-9-21)36-24(4)17-26(25(36)5)19-33-34-32(37)20-35(28-15-22(2)14-23(3)16-28)42(38,39)29-12-13-30(40-6)31(18-29)41-7/h8-19H,20H2,1-7H3,(H,34,37)/b33-19-. The van der Waals surface area contributed by atoms with E-state index in [0.717, 1.165) is 38.1 Å². The first-order valence-electron chi connectivity index (χ1n) is 13.4. The summed E-state index contributed by atoms with van der Waals surface area (Å²) in [5, 5.41) is 4.16. The average molecular weight is 589 g/mol. The zero-order valence-corrected chi connectivity index (χ0v) is 25.7. The molecule has 3 aromatic carbocycles. The van der Waals surface area contributed by atoms with E-state index >= 15 is 0 Å². The number of aromatic nitrogens is 1. The van der Waals surface area contributed by atoms with Gasteiger partial charge in [-0.1, -0.05) is 23.8 Å². The summed E-state index contributed by atoms with van der Waals surface area (Å²) < 4.78 is 41.6. The number of anilines is 1. The highest BCUT2D eigenvalue weighted by Gasteiger charge is 2.28. The highest BCUT2D eigenvalue weighted by atomic mass is 32.2. The molecular formula is C32H36N4O5S. The molecule has 1 aromatic heterocycles. The Morgan fingerprint density at radius 2 is 1.50 bits per heavy atom. The summed E-state index contributed by atoms with van der Waals surface area (Å²) in [5.74, 6) is 0.0567. The van der Waals surface area contributed by atoms with E-state index in [1.807, 2.05) is 46.8 Å². The molecule has 1 amide bonds. The van der Waals surface area contributed by atoms with Gasteiger partial charge < -0.3 is 14.0 Å². The number of amides is 1. The van der Waals surface area contributed by atoms with Gasteiger partial charge in [0.05, 0.1) is 31.0 Å². The van der Waals surface area contributed by atoms with Gasteiger partial charge >= 0.3 is 0 Å². The SMILES string of the molecule is COc1ccc(S(=O)(=O)N(CC(=O)N/N=C\c2cc(C)n(-c3ccc(C)cc3)c2C)c2cc(C)cc(C)c2)cc1OC. The molecule has 0 aliphatic rings. The maximum absolute atomic E-state index is 13.9. The minimum absolute atomic E-state index is 0.0424. The van der Waals surface area contributed by atoms with E-state index in [1.165, 1.54) is 38.0 Å². The van der Waals surface area contributed by atoms with Crippen molar-refractivity contribution >= 4 is 27.8 Å². The van der Waals surface area contributed by atoms with Crippen LogP contribution in [0.1, 0.15) is 33.6 Å². The monoisotopic (exact) mass is 588 g/mol. The predicted molar refractivity (Wildman–Crippen MR) is 166 cm³/mol. The number of hydrogen-bond donors (Lipinski definition) is 1. The molecule has 220 valence electrons. The molecular weight excluding hydrogens is 552 g/mol. The third-order valence-electron chi connectivity index (χ3n) is 6.88. The van der Waals surface area contributed by atoms with Crippen molar-refractivity contribution in [3.8, 4) is 17.2 Å². The summed E-state index contributed by atoms with van der Waals surface area (Å²) in [6, 6.07) is 19.9. The van der Waals surface area contributed by atoms with Crippen molar-refractivity contribution in [2.75, 3.05) is 25.1 Å². The molecule has 0 saturated carbocycles. The fraction of sp³-hybridized carbons (Fsp3) is 0.250. The number of aryl methyl sites for hydroxylation is 4. The predicted octanol–water partition coefficient (Wildman–Crippen LogP) is 5.38. The van der Waals surface area contributed by atoms with Gasteiger partial charge in [-0.05, 0) is 88.2 Å². The molecule has 0 saturated heterocycles. The van der Waals surface area contributed by atoms with Crippen molar-refractivity contribution in [2.45, 2.75) is 39.5 Å². The molecule has 0 aliphatic carbocycles. The maximum Gasteiger partial charge on any atom is 0.264 e. The lowest BCUT2D eigenvalue weighted by atomic mass is 10.1. The van der Waals surface area contributed by atoms with Crippen LogP contribution in [0.15, 0.2) is 76.7 Å². The summed E-state index contributed by atoms with van der Waals surface area (Å²) in [6.07, 6.45) is 1.56. The van der Waals surface area contributed by atoms with Gasteiger partial charge in [0.2, 0.25) is 0 Å². The second kappa shape index (κ2) is 12.5. The van der Waals surface area contributed by atoms with E-state index in [4.69, 9.17) is 9.47 Å². The first-order chi connectivity index (χ1) is 19.9. The van der Waals surface area contributed by atoms with E-state index < -0.39 is 22.5 Å². The highest BCUT2D eigenvalue weighted by Crippen LogP contribution is 2.32. The van der Waals surface area contributed by atoms with Gasteiger partial charge in [-0.25, -0.2) is 13.8 Å². The number of hydrogen-bond acceptors (Lipinski definition) is 6. The van der Waals surface area contributed by atoms with Crippen molar-refractivity contribution in [1.82, 2.24) is 9.99 Å². The first kappa shape index (κ1) is 30.4. The van der Waals surface area contributed by atoms with Crippen molar-refractivity contribution < 1.29 is 22.7 Å². The van der Waals surface area contributed by atoms with Gasteiger partial charge in [-0.2, -0.15) is 5.10 Å². The molecule has 0 aliphatic heterocycles. The van der Waals surface area contributed by atoms with Crippen LogP contribution in [-0.2, 0) is 14.8 Å². The fourth-order valence-corrected chi connectivity index (χ4v) is 6.28. The summed E-state index contributed by atoms with van der Waals surface area (Å²) in [7, 11) is -1.28. The molecule has 0 unspecified atom stereocenters. The summed E-state index contributed by atoms with van der Waals surface area (Å²) in [4.78, 5) is 13.1. The number of nitrogens with one attached hydrogen (secondary N) is 1. The van der Waals surface area contributed by atoms with E-state index in [0.29, 0.717) is 11.4 Å². The highest BCUT2D eigenvalue weighted by molar-refractivity contribution is 7.92. The molecule has 1 N–H and O–H groups in total. The Hall–Kier alpha value is -4.57. The van der Waals surface area contributed by atoms with Crippen molar-refractivity contribution in [1.29, 1.82) is 0 Å². The Balaban J connectivity index is 1.61. The number of carbonyl (C=O) groups excluding carboxylic acids is 1. The van der Waals surface area contributed by atoms with Crippen LogP contribution < -0.4 is 19.2 Å². The van der Waals surface area contributed by atoms with Gasteiger partial charge in [-0.3, -0.25) is 9.10 Å². The van der Waals surface area contributed by atoms with Crippen molar-refractivity contribution in [2.24, 2.45) is 5.10 Å². The molecule has 0 bridgehead atoms. The summed E-state index contributed by atoms with van der Waals surface area (Å²) in [5.41, 5.74) is 9.60. The Bertz CT molecular complexity index is 1720. The minimum Gasteiger partial charge on any atom is -0.493 e. The quantitative estimate of drug-likeness (QED) is 0.198. The molecule has 0 fully saturated rings. The Labute approximate surface area is 247 Å². The lowest BCUT2D eigenvalue weighted by Gasteiger charge is -2.25. The van der Waals surface area contributed by atoms with Crippen LogP contribution >= 0.6 is 0 Å². The van der Waals surface area contributed by atoms with Crippen LogP contribution in [0.2, 0.25) is 0 Å². The molecule has 9 nitrogen and oxygen atoms in total. The van der Waals surface area contributed by atoms with Crippen molar-refractivity contribution in [3.05, 3.63) is 100 Å². The first-order valence-corrected chi connectivity index (χ1v) is 14.8. The van der Waals surface area contributed by atoms with Crippen molar-refractivity contribution in [3.63, 3.8) is 0 Å². The number of nitrogens with zero attached hydrogens (tertiary/aromatic N) is 3. The minimum atomic E-state index is -4.18. The van der Waals surface area contributed by atoms with Crippen LogP contribution in [0.3, 0.4) is 0 Å². The smallest absolute Gasteiger partial charge is 0.264 e. The topological polar surface area (TPSA) is 102 Å². The molecule has 4 aromatic rings. The van der Waals surface area contributed by atoms with Crippen LogP contribution in [0, 0.1) is 34.6 Å². The van der Waals surface area contributed by atoms with Crippen LogP contribution in [0.4, 0.5) is 5.69 Å². The molecule has 42 heavy (non-hydrogen) atoms. The normalized spacial score (nSPS) is 11.5. The average Bonchev–Trinajstić information content (AvgIpc) is 3.23. The largest absolute Gasteiger partial charge is 0.493 e. The Morgan fingerprint density at radius 1 is 0.857 bits per heavy atom. The number of hydrazone groups is 1. The Kier molecular flexibility index (Phi) is 9.06. The number of ether oxygens (including phenoxy) is 2. The number of carbonyl (C=O) groups is 1. The van der Waals surface area contributed by atoms with Crippen LogP contribution in [-0.4, -0.2) is 45.9 Å². The zero-order chi connectivity index (χ0) is 30.6. The van der Waals surface area contributed by atoms with Gasteiger partial charge in [0.1, 0.15) is 6.54 Å². The van der Waals surface area contributed by atoms with Gasteiger partial charge in [0.15, 0.2) is 11.5 Å². The molecule has 4 rings (SSSR count). The number of benzene rings is 3. The third-order valence-corrected chi connectivity index (χ3v) is 8.65. The second-order valence-electron chi connectivity index (χ2n) is 10.2. The van der Waals surface area contributed by atoms with E-state index in [1.54, 1.807) is 18.3 Å². The molecule has 0 radical (unpaired) electrons. The van der Waals surface area contributed by atoms with Gasteiger partial charge in [0.25, 0.3) is 15.9 Å². The fourth-order valence-electron chi connectivity index (χ4n) is 4.86. The van der Waals surface area contributed by atoms with Crippen LogP contribution in [0.25, 0.3) is 5.69 Å². The van der Waals surface area contributed by atoms with E-state index in [-0.39, 0.29) is 10.6 Å². The Morgan fingerprint density at radius 3 is 2.12 bits per heavy atom. The molecule has 10 heteroatoms. The lowest BCUT2D eigenvalue weighted by molar-refractivity contribution is -0.119. The number of sulfonamides is 1. The van der Waals surface area contributed by atoms with Gasteiger partial charge in [0, 0.05) is 28.7 Å². The maximum atomic E-state index is 13.9. The van der Waals surface area contributed by atoms with Crippen LogP contribution in [0.5, 0.6) is 11.5 Å².